The molecule has 17 heavy (non-hydrogen) atoms. The molecule has 1 heterocycles. The van der Waals surface area contributed by atoms with Crippen LogP contribution in [0.1, 0.15) is 25.8 Å². The third kappa shape index (κ3) is 2.62. The van der Waals surface area contributed by atoms with Crippen molar-refractivity contribution in [1.82, 2.24) is 10.2 Å². The number of benzene rings is 1. The van der Waals surface area contributed by atoms with Crippen LogP contribution in [0.4, 0.5) is 0 Å². The molecule has 0 bridgehead atoms. The van der Waals surface area contributed by atoms with E-state index in [1.165, 1.54) is 0 Å². The van der Waals surface area contributed by atoms with E-state index in [-0.39, 0.29) is 5.89 Å². The van der Waals surface area contributed by atoms with Crippen LogP contribution in [-0.4, -0.2) is 21.9 Å². The van der Waals surface area contributed by atoms with Crippen LogP contribution >= 0.6 is 0 Å². The van der Waals surface area contributed by atoms with Crippen molar-refractivity contribution in [2.45, 2.75) is 20.0 Å². The molecule has 2 aromatic rings. The third-order valence-electron chi connectivity index (χ3n) is 2.21. The number of aromatic nitrogens is 2. The molecule has 0 spiro atoms. The molecule has 0 amide bonds. The Labute approximate surface area is 99.1 Å². The Morgan fingerprint density at radius 3 is 2.53 bits per heavy atom. The first-order chi connectivity index (χ1) is 8.20. The Hall–Kier alpha value is -1.88. The van der Waals surface area contributed by atoms with Gasteiger partial charge < -0.3 is 14.3 Å². The topological polar surface area (TPSA) is 68.4 Å². The minimum absolute atomic E-state index is 0.217. The number of aliphatic hydroxyl groups is 1. The summed E-state index contributed by atoms with van der Waals surface area (Å²) in [6.45, 7) is 4.14. The fourth-order valence-corrected chi connectivity index (χ4v) is 1.38. The minimum atomic E-state index is -0.751. The van der Waals surface area contributed by atoms with E-state index in [1.807, 2.05) is 31.2 Å². The van der Waals surface area contributed by atoms with Crippen LogP contribution in [0.5, 0.6) is 5.75 Å². The van der Waals surface area contributed by atoms with Crippen molar-refractivity contribution in [1.29, 1.82) is 0 Å². The summed E-state index contributed by atoms with van der Waals surface area (Å²) in [6.07, 6.45) is -0.751. The molecule has 1 unspecified atom stereocenters. The van der Waals surface area contributed by atoms with Crippen molar-refractivity contribution < 1.29 is 14.3 Å². The zero-order valence-corrected chi connectivity index (χ0v) is 9.75. The number of ether oxygens (including phenoxy) is 1. The quantitative estimate of drug-likeness (QED) is 0.878. The van der Waals surface area contributed by atoms with E-state index >= 15 is 0 Å². The van der Waals surface area contributed by atoms with Crippen molar-refractivity contribution in [3.63, 3.8) is 0 Å². The predicted molar refractivity (Wildman–Crippen MR) is 61.5 cm³/mol. The van der Waals surface area contributed by atoms with Gasteiger partial charge in [-0.05, 0) is 38.1 Å². The number of aliphatic hydroxyl groups excluding tert-OH is 1. The smallest absolute Gasteiger partial charge is 0.247 e. The summed E-state index contributed by atoms with van der Waals surface area (Å²) < 4.78 is 10.7. The molecule has 0 fully saturated rings. The summed E-state index contributed by atoms with van der Waals surface area (Å²) in [7, 11) is 0. The lowest BCUT2D eigenvalue weighted by Crippen LogP contribution is -1.90. The fourth-order valence-electron chi connectivity index (χ4n) is 1.38. The molecule has 1 atom stereocenters. The maximum absolute atomic E-state index is 9.28. The van der Waals surface area contributed by atoms with E-state index in [1.54, 1.807) is 6.92 Å². The molecule has 0 saturated carbocycles. The summed E-state index contributed by atoms with van der Waals surface area (Å²) in [5.74, 6) is 1.41. The summed E-state index contributed by atoms with van der Waals surface area (Å²) in [5, 5.41) is 16.9. The van der Waals surface area contributed by atoms with Gasteiger partial charge in [-0.2, -0.15) is 0 Å². The van der Waals surface area contributed by atoms with Gasteiger partial charge in [0.2, 0.25) is 11.8 Å². The van der Waals surface area contributed by atoms with Crippen molar-refractivity contribution in [3.05, 3.63) is 30.2 Å². The van der Waals surface area contributed by atoms with Gasteiger partial charge >= 0.3 is 0 Å². The highest BCUT2D eigenvalue weighted by molar-refractivity contribution is 5.53. The van der Waals surface area contributed by atoms with Crippen LogP contribution in [0.15, 0.2) is 28.7 Å². The maximum Gasteiger partial charge on any atom is 0.247 e. The summed E-state index contributed by atoms with van der Waals surface area (Å²) in [4.78, 5) is 0. The molecule has 5 heteroatoms. The highest BCUT2D eigenvalue weighted by Crippen LogP contribution is 2.22. The molecular weight excluding hydrogens is 220 g/mol. The zero-order chi connectivity index (χ0) is 12.3. The SMILES string of the molecule is CCOc1ccc(-c2nnc(C(C)O)o2)cc1. The molecule has 0 radical (unpaired) electrons. The number of rotatable bonds is 4. The minimum Gasteiger partial charge on any atom is -0.494 e. The zero-order valence-electron chi connectivity index (χ0n) is 9.75. The van der Waals surface area contributed by atoms with E-state index in [4.69, 9.17) is 9.15 Å². The summed E-state index contributed by atoms with van der Waals surface area (Å²) in [5.41, 5.74) is 0.799. The van der Waals surface area contributed by atoms with E-state index < -0.39 is 6.10 Å². The van der Waals surface area contributed by atoms with Crippen LogP contribution in [0, 0.1) is 0 Å². The molecule has 0 aliphatic heterocycles. The first-order valence-electron chi connectivity index (χ1n) is 5.45. The van der Waals surface area contributed by atoms with Gasteiger partial charge in [0, 0.05) is 5.56 Å². The van der Waals surface area contributed by atoms with E-state index in [9.17, 15) is 5.11 Å². The predicted octanol–water partition coefficient (Wildman–Crippen LogP) is 2.19. The van der Waals surface area contributed by atoms with E-state index in [2.05, 4.69) is 10.2 Å². The van der Waals surface area contributed by atoms with Gasteiger partial charge in [-0.3, -0.25) is 0 Å². The van der Waals surface area contributed by atoms with Crippen molar-refractivity contribution in [2.24, 2.45) is 0 Å². The second kappa shape index (κ2) is 4.97. The lowest BCUT2D eigenvalue weighted by Gasteiger charge is -2.02. The fraction of sp³-hybridized carbons (Fsp3) is 0.333. The lowest BCUT2D eigenvalue weighted by molar-refractivity contribution is 0.163. The molecular formula is C12H14N2O3. The third-order valence-corrected chi connectivity index (χ3v) is 2.21. The average molecular weight is 234 g/mol. The van der Waals surface area contributed by atoms with Gasteiger partial charge in [0.15, 0.2) is 0 Å². The molecule has 1 N–H and O–H groups in total. The number of nitrogens with zero attached hydrogens (tertiary/aromatic N) is 2. The van der Waals surface area contributed by atoms with Gasteiger partial charge in [-0.15, -0.1) is 10.2 Å². The molecule has 0 aliphatic carbocycles. The van der Waals surface area contributed by atoms with Crippen molar-refractivity contribution in [2.75, 3.05) is 6.61 Å². The van der Waals surface area contributed by atoms with Crippen LogP contribution in [0.3, 0.4) is 0 Å². The average Bonchev–Trinajstić information content (AvgIpc) is 2.80. The molecule has 5 nitrogen and oxygen atoms in total. The van der Waals surface area contributed by atoms with E-state index in [0.29, 0.717) is 12.5 Å². The van der Waals surface area contributed by atoms with Crippen LogP contribution in [-0.2, 0) is 0 Å². The van der Waals surface area contributed by atoms with Crippen LogP contribution in [0.25, 0.3) is 11.5 Å². The van der Waals surface area contributed by atoms with Gasteiger partial charge in [0.25, 0.3) is 0 Å². The maximum atomic E-state index is 9.28. The number of hydrogen-bond acceptors (Lipinski definition) is 5. The summed E-state index contributed by atoms with van der Waals surface area (Å²) in [6, 6.07) is 7.35. The van der Waals surface area contributed by atoms with Gasteiger partial charge in [0.05, 0.1) is 6.61 Å². The van der Waals surface area contributed by atoms with Crippen LogP contribution in [0.2, 0.25) is 0 Å². The Balaban J connectivity index is 2.21. The van der Waals surface area contributed by atoms with Crippen molar-refractivity contribution >= 4 is 0 Å². The standard InChI is InChI=1S/C12H14N2O3/c1-3-16-10-6-4-9(5-7-10)12-14-13-11(17-12)8(2)15/h4-8,15H,3H2,1-2H3. The largest absolute Gasteiger partial charge is 0.494 e. The number of hydrogen-bond donors (Lipinski definition) is 1. The molecule has 0 saturated heterocycles. The second-order valence-corrected chi connectivity index (χ2v) is 3.58. The van der Waals surface area contributed by atoms with E-state index in [0.717, 1.165) is 11.3 Å². The molecule has 2 rings (SSSR count). The monoisotopic (exact) mass is 234 g/mol. The van der Waals surface area contributed by atoms with Crippen LogP contribution < -0.4 is 4.74 Å². The normalized spacial score (nSPS) is 12.4. The molecule has 1 aromatic heterocycles. The molecule has 0 aliphatic rings. The van der Waals surface area contributed by atoms with Gasteiger partial charge in [-0.1, -0.05) is 0 Å². The first kappa shape index (κ1) is 11.6. The van der Waals surface area contributed by atoms with Gasteiger partial charge in [-0.25, -0.2) is 0 Å². The van der Waals surface area contributed by atoms with Crippen molar-refractivity contribution in [3.8, 4) is 17.2 Å². The van der Waals surface area contributed by atoms with Gasteiger partial charge in [0.1, 0.15) is 11.9 Å². The molecule has 90 valence electrons. The highest BCUT2D eigenvalue weighted by Gasteiger charge is 2.12. The summed E-state index contributed by atoms with van der Waals surface area (Å²) >= 11 is 0. The lowest BCUT2D eigenvalue weighted by atomic mass is 10.2. The molecule has 1 aromatic carbocycles. The second-order valence-electron chi connectivity index (χ2n) is 3.58. The first-order valence-corrected chi connectivity index (χ1v) is 5.45. The Morgan fingerprint density at radius 1 is 1.29 bits per heavy atom. The highest BCUT2D eigenvalue weighted by atomic mass is 16.5. The Bertz CT molecular complexity index is 477. The Kier molecular flexibility index (Phi) is 3.39. The Morgan fingerprint density at radius 2 is 2.00 bits per heavy atom.